The van der Waals surface area contributed by atoms with Crippen LogP contribution in [0.2, 0.25) is 5.02 Å². The first-order valence-electron chi connectivity index (χ1n) is 7.81. The van der Waals surface area contributed by atoms with Crippen molar-refractivity contribution in [3.05, 3.63) is 75.3 Å². The summed E-state index contributed by atoms with van der Waals surface area (Å²) in [6.45, 7) is 0.434. The van der Waals surface area contributed by atoms with Crippen molar-refractivity contribution >= 4 is 28.4 Å². The van der Waals surface area contributed by atoms with Crippen LogP contribution in [-0.4, -0.2) is 22.4 Å². The molecule has 0 aliphatic heterocycles. The third kappa shape index (κ3) is 4.04. The highest BCUT2D eigenvalue weighted by molar-refractivity contribution is 6.30. The molecule has 0 aliphatic carbocycles. The van der Waals surface area contributed by atoms with Crippen LogP contribution in [0.15, 0.2) is 53.6 Å². The van der Waals surface area contributed by atoms with E-state index < -0.39 is 0 Å². The van der Waals surface area contributed by atoms with Gasteiger partial charge in [-0.15, -0.1) is 0 Å². The average molecular weight is 357 g/mol. The minimum atomic E-state index is -0.231. The van der Waals surface area contributed by atoms with E-state index in [1.54, 1.807) is 30.3 Å². The summed E-state index contributed by atoms with van der Waals surface area (Å²) in [6.07, 6.45) is 1.91. The van der Waals surface area contributed by atoms with Gasteiger partial charge in [-0.1, -0.05) is 23.7 Å². The number of hydrogen-bond donors (Lipinski definition) is 3. The number of aromatic nitrogens is 2. The fourth-order valence-corrected chi connectivity index (χ4v) is 2.66. The molecule has 0 bridgehead atoms. The van der Waals surface area contributed by atoms with Gasteiger partial charge in [-0.05, 0) is 42.3 Å². The Morgan fingerprint density at radius 2 is 2.00 bits per heavy atom. The van der Waals surface area contributed by atoms with E-state index in [0.29, 0.717) is 34.5 Å². The summed E-state index contributed by atoms with van der Waals surface area (Å²) in [4.78, 5) is 30.5. The van der Waals surface area contributed by atoms with Gasteiger partial charge in [0.1, 0.15) is 0 Å². The van der Waals surface area contributed by atoms with Gasteiger partial charge in [-0.25, -0.2) is 4.98 Å². The van der Waals surface area contributed by atoms with Crippen molar-refractivity contribution in [1.82, 2.24) is 15.3 Å². The summed E-state index contributed by atoms with van der Waals surface area (Å²) in [5, 5.41) is 3.94. The topological polar surface area (TPSA) is 101 Å². The van der Waals surface area contributed by atoms with Crippen molar-refractivity contribution in [3.63, 3.8) is 0 Å². The number of H-pyrrole nitrogens is 1. The van der Waals surface area contributed by atoms with Crippen LogP contribution in [0, 0.1) is 0 Å². The SMILES string of the molecule is NC(CCNC(=O)c1ccc2c(=O)[nH]cnc2c1)c1ccc(Cl)cc1. The van der Waals surface area contributed by atoms with Crippen LogP contribution in [0.1, 0.15) is 28.4 Å². The summed E-state index contributed by atoms with van der Waals surface area (Å²) in [5.74, 6) is -0.229. The van der Waals surface area contributed by atoms with Gasteiger partial charge < -0.3 is 16.0 Å². The fourth-order valence-electron chi connectivity index (χ4n) is 2.53. The maximum absolute atomic E-state index is 12.3. The molecule has 2 aromatic carbocycles. The van der Waals surface area contributed by atoms with Crippen molar-refractivity contribution < 1.29 is 4.79 Å². The zero-order valence-corrected chi connectivity index (χ0v) is 14.1. The van der Waals surface area contributed by atoms with E-state index >= 15 is 0 Å². The van der Waals surface area contributed by atoms with E-state index in [0.717, 1.165) is 5.56 Å². The van der Waals surface area contributed by atoms with E-state index in [2.05, 4.69) is 15.3 Å². The molecule has 128 valence electrons. The maximum Gasteiger partial charge on any atom is 0.258 e. The van der Waals surface area contributed by atoms with Crippen LogP contribution in [0.25, 0.3) is 10.9 Å². The average Bonchev–Trinajstić information content (AvgIpc) is 2.62. The van der Waals surface area contributed by atoms with Gasteiger partial charge in [0.15, 0.2) is 0 Å². The molecule has 25 heavy (non-hydrogen) atoms. The van der Waals surface area contributed by atoms with E-state index in [4.69, 9.17) is 17.3 Å². The van der Waals surface area contributed by atoms with E-state index in [1.807, 2.05) is 12.1 Å². The van der Waals surface area contributed by atoms with Crippen molar-refractivity contribution in [3.8, 4) is 0 Å². The lowest BCUT2D eigenvalue weighted by Gasteiger charge is -2.13. The molecule has 6 nitrogen and oxygen atoms in total. The Kier molecular flexibility index (Phi) is 5.11. The summed E-state index contributed by atoms with van der Waals surface area (Å²) in [6, 6.07) is 11.9. The summed E-state index contributed by atoms with van der Waals surface area (Å²) in [7, 11) is 0. The standard InChI is InChI=1S/C18H17ClN4O2/c19-13-4-1-11(2-5-13)15(20)7-8-21-17(24)12-3-6-14-16(9-12)22-10-23-18(14)25/h1-6,9-10,15H,7-8,20H2,(H,21,24)(H,22,23,25). The number of nitrogens with two attached hydrogens (primary N) is 1. The molecule has 7 heteroatoms. The van der Waals surface area contributed by atoms with Crippen LogP contribution in [0.5, 0.6) is 0 Å². The zero-order chi connectivity index (χ0) is 17.8. The minimum absolute atomic E-state index is 0.186. The number of nitrogens with one attached hydrogen (secondary N) is 2. The number of nitrogens with zero attached hydrogens (tertiary/aromatic N) is 1. The molecular formula is C18H17ClN4O2. The van der Waals surface area contributed by atoms with Crippen LogP contribution >= 0.6 is 11.6 Å². The molecule has 1 unspecified atom stereocenters. The smallest absolute Gasteiger partial charge is 0.258 e. The molecular weight excluding hydrogens is 340 g/mol. The molecule has 0 fully saturated rings. The molecule has 3 aromatic rings. The first-order valence-corrected chi connectivity index (χ1v) is 8.19. The molecule has 0 saturated carbocycles. The lowest BCUT2D eigenvalue weighted by atomic mass is 10.0. The van der Waals surface area contributed by atoms with Crippen LogP contribution < -0.4 is 16.6 Å². The Hall–Kier alpha value is -2.70. The largest absolute Gasteiger partial charge is 0.352 e. The van der Waals surface area contributed by atoms with Crippen LogP contribution in [0.3, 0.4) is 0 Å². The normalized spacial score (nSPS) is 12.1. The zero-order valence-electron chi connectivity index (χ0n) is 13.3. The highest BCUT2D eigenvalue weighted by atomic mass is 35.5. The van der Waals surface area contributed by atoms with Gasteiger partial charge in [-0.3, -0.25) is 9.59 Å². The van der Waals surface area contributed by atoms with Gasteiger partial charge in [0.25, 0.3) is 11.5 Å². The predicted octanol–water partition coefficient (Wildman–Crippen LogP) is 2.40. The lowest BCUT2D eigenvalue weighted by molar-refractivity contribution is 0.0952. The maximum atomic E-state index is 12.3. The number of rotatable bonds is 5. The number of halogens is 1. The number of benzene rings is 2. The molecule has 4 N–H and O–H groups in total. The molecule has 0 spiro atoms. The van der Waals surface area contributed by atoms with Gasteiger partial charge in [-0.2, -0.15) is 0 Å². The Morgan fingerprint density at radius 3 is 2.76 bits per heavy atom. The quantitative estimate of drug-likeness (QED) is 0.653. The van der Waals surface area contributed by atoms with Crippen molar-refractivity contribution in [2.24, 2.45) is 5.73 Å². The molecule has 3 rings (SSSR count). The van der Waals surface area contributed by atoms with Crippen LogP contribution in [0.4, 0.5) is 0 Å². The second-order valence-corrected chi connectivity index (χ2v) is 6.10. The fraction of sp³-hybridized carbons (Fsp3) is 0.167. The Morgan fingerprint density at radius 1 is 1.24 bits per heavy atom. The Labute approximate surface area is 149 Å². The second-order valence-electron chi connectivity index (χ2n) is 5.67. The number of carbonyl (C=O) groups excluding carboxylic acids is 1. The van der Waals surface area contributed by atoms with Crippen molar-refractivity contribution in [2.45, 2.75) is 12.5 Å². The van der Waals surface area contributed by atoms with E-state index in [-0.39, 0.29) is 17.5 Å². The van der Waals surface area contributed by atoms with Gasteiger partial charge in [0, 0.05) is 23.2 Å². The molecule has 1 atom stereocenters. The van der Waals surface area contributed by atoms with E-state index in [1.165, 1.54) is 6.33 Å². The van der Waals surface area contributed by atoms with Gasteiger partial charge in [0.2, 0.25) is 0 Å². The number of fused-ring (bicyclic) bond motifs is 1. The Bertz CT molecular complexity index is 953. The number of carbonyl (C=O) groups is 1. The number of aromatic amines is 1. The molecule has 1 aromatic heterocycles. The molecule has 1 heterocycles. The third-order valence-corrected chi connectivity index (χ3v) is 4.19. The molecule has 0 saturated heterocycles. The van der Waals surface area contributed by atoms with E-state index in [9.17, 15) is 9.59 Å². The highest BCUT2D eigenvalue weighted by Gasteiger charge is 2.10. The molecule has 0 aliphatic rings. The highest BCUT2D eigenvalue weighted by Crippen LogP contribution is 2.17. The third-order valence-electron chi connectivity index (χ3n) is 3.94. The van der Waals surface area contributed by atoms with Crippen molar-refractivity contribution in [2.75, 3.05) is 6.54 Å². The number of hydrogen-bond acceptors (Lipinski definition) is 4. The monoisotopic (exact) mass is 356 g/mol. The molecule has 0 radical (unpaired) electrons. The minimum Gasteiger partial charge on any atom is -0.352 e. The summed E-state index contributed by atoms with van der Waals surface area (Å²) in [5.41, 5.74) is 7.78. The first-order chi connectivity index (χ1) is 12.0. The first kappa shape index (κ1) is 17.1. The van der Waals surface area contributed by atoms with Crippen molar-refractivity contribution in [1.29, 1.82) is 0 Å². The van der Waals surface area contributed by atoms with Crippen LogP contribution in [-0.2, 0) is 0 Å². The number of amides is 1. The Balaban J connectivity index is 1.61. The summed E-state index contributed by atoms with van der Waals surface area (Å²) < 4.78 is 0. The summed E-state index contributed by atoms with van der Waals surface area (Å²) >= 11 is 5.86. The van der Waals surface area contributed by atoms with Gasteiger partial charge in [0.05, 0.1) is 17.2 Å². The lowest BCUT2D eigenvalue weighted by Crippen LogP contribution is -2.27. The van der Waals surface area contributed by atoms with Gasteiger partial charge >= 0.3 is 0 Å². The molecule has 1 amide bonds. The predicted molar refractivity (Wildman–Crippen MR) is 97.7 cm³/mol. The second kappa shape index (κ2) is 7.46.